The lowest BCUT2D eigenvalue weighted by Crippen LogP contribution is -2.00. The molecule has 0 saturated carbocycles. The van der Waals surface area contributed by atoms with Crippen LogP contribution in [0.25, 0.3) is 0 Å². The maximum Gasteiger partial charge on any atom is 0.122 e. The molecule has 3 heteroatoms. The molecular weight excluding hydrogens is 154 g/mol. The molecule has 1 heterocycles. The SMILES string of the molecule is Cc1cnccc1C(O)CC=O. The maximum absolute atomic E-state index is 10.1. The quantitative estimate of drug-likeness (QED) is 0.680. The number of aromatic nitrogens is 1. The van der Waals surface area contributed by atoms with Gasteiger partial charge in [0.2, 0.25) is 0 Å². The number of carbonyl (C=O) groups is 1. The molecule has 0 radical (unpaired) electrons. The third-order valence-corrected chi connectivity index (χ3v) is 1.74. The first-order valence-electron chi connectivity index (χ1n) is 3.78. The van der Waals surface area contributed by atoms with Crippen molar-refractivity contribution < 1.29 is 9.90 Å². The van der Waals surface area contributed by atoms with E-state index in [-0.39, 0.29) is 6.42 Å². The molecule has 0 aliphatic rings. The molecule has 0 bridgehead atoms. The number of pyridine rings is 1. The van der Waals surface area contributed by atoms with Gasteiger partial charge in [-0.3, -0.25) is 4.98 Å². The van der Waals surface area contributed by atoms with Crippen LogP contribution in [0.3, 0.4) is 0 Å². The number of aliphatic hydroxyl groups is 1. The van der Waals surface area contributed by atoms with Crippen molar-refractivity contribution in [2.24, 2.45) is 0 Å². The first-order valence-corrected chi connectivity index (χ1v) is 3.78. The van der Waals surface area contributed by atoms with Gasteiger partial charge in [-0.2, -0.15) is 0 Å². The summed E-state index contributed by atoms with van der Waals surface area (Å²) in [4.78, 5) is 14.0. The van der Waals surface area contributed by atoms with E-state index in [2.05, 4.69) is 4.98 Å². The van der Waals surface area contributed by atoms with Crippen LogP contribution in [0.5, 0.6) is 0 Å². The summed E-state index contributed by atoms with van der Waals surface area (Å²) in [6, 6.07) is 1.73. The van der Waals surface area contributed by atoms with Crippen LogP contribution in [0.2, 0.25) is 0 Å². The molecule has 0 spiro atoms. The zero-order chi connectivity index (χ0) is 8.97. The normalized spacial score (nSPS) is 12.5. The van der Waals surface area contributed by atoms with Crippen LogP contribution in [-0.2, 0) is 4.79 Å². The Morgan fingerprint density at radius 1 is 1.75 bits per heavy atom. The lowest BCUT2D eigenvalue weighted by Gasteiger charge is -2.09. The van der Waals surface area contributed by atoms with Crippen LogP contribution in [0.4, 0.5) is 0 Å². The van der Waals surface area contributed by atoms with Gasteiger partial charge in [0, 0.05) is 18.8 Å². The summed E-state index contributed by atoms with van der Waals surface area (Å²) >= 11 is 0. The maximum atomic E-state index is 10.1. The summed E-state index contributed by atoms with van der Waals surface area (Å²) in [6.45, 7) is 1.86. The van der Waals surface area contributed by atoms with E-state index in [9.17, 15) is 9.90 Å². The molecule has 1 unspecified atom stereocenters. The van der Waals surface area contributed by atoms with Gasteiger partial charge in [0.25, 0.3) is 0 Å². The van der Waals surface area contributed by atoms with Gasteiger partial charge >= 0.3 is 0 Å². The van der Waals surface area contributed by atoms with E-state index >= 15 is 0 Å². The summed E-state index contributed by atoms with van der Waals surface area (Å²) < 4.78 is 0. The minimum atomic E-state index is -0.689. The highest BCUT2D eigenvalue weighted by atomic mass is 16.3. The second kappa shape index (κ2) is 3.97. The molecule has 0 aromatic carbocycles. The molecule has 1 N–H and O–H groups in total. The molecule has 64 valence electrons. The summed E-state index contributed by atoms with van der Waals surface area (Å²) in [5.41, 5.74) is 1.68. The highest BCUT2D eigenvalue weighted by Gasteiger charge is 2.08. The standard InChI is InChI=1S/C9H11NO2/c1-7-6-10-4-2-8(7)9(12)3-5-11/h2,4-6,9,12H,3H2,1H3. The fourth-order valence-electron chi connectivity index (χ4n) is 1.08. The van der Waals surface area contributed by atoms with E-state index in [1.165, 1.54) is 0 Å². The molecule has 1 aromatic heterocycles. The van der Waals surface area contributed by atoms with Gasteiger partial charge in [0.1, 0.15) is 6.29 Å². The first-order chi connectivity index (χ1) is 5.75. The Hall–Kier alpha value is -1.22. The largest absolute Gasteiger partial charge is 0.388 e. The molecule has 1 atom stereocenters. The number of aliphatic hydroxyl groups excluding tert-OH is 1. The molecule has 0 fully saturated rings. The van der Waals surface area contributed by atoms with Crippen molar-refractivity contribution in [3.8, 4) is 0 Å². The van der Waals surface area contributed by atoms with Gasteiger partial charge in [-0.05, 0) is 24.1 Å². The Balaban J connectivity index is 2.86. The summed E-state index contributed by atoms with van der Waals surface area (Å²) in [6.07, 6.45) is 3.44. The van der Waals surface area contributed by atoms with Gasteiger partial charge in [-0.1, -0.05) is 0 Å². The van der Waals surface area contributed by atoms with Crippen molar-refractivity contribution in [3.05, 3.63) is 29.6 Å². The number of hydrogen-bond acceptors (Lipinski definition) is 3. The minimum Gasteiger partial charge on any atom is -0.388 e. The molecular formula is C9H11NO2. The van der Waals surface area contributed by atoms with Gasteiger partial charge in [0.05, 0.1) is 6.10 Å². The van der Waals surface area contributed by atoms with Gasteiger partial charge in [0.15, 0.2) is 0 Å². The van der Waals surface area contributed by atoms with E-state index < -0.39 is 6.10 Å². The Labute approximate surface area is 71.1 Å². The zero-order valence-electron chi connectivity index (χ0n) is 6.90. The molecule has 12 heavy (non-hydrogen) atoms. The summed E-state index contributed by atoms with van der Waals surface area (Å²) in [7, 11) is 0. The Morgan fingerprint density at radius 2 is 2.50 bits per heavy atom. The third-order valence-electron chi connectivity index (χ3n) is 1.74. The van der Waals surface area contributed by atoms with E-state index in [0.29, 0.717) is 6.29 Å². The van der Waals surface area contributed by atoms with Crippen LogP contribution in [0.1, 0.15) is 23.7 Å². The molecule has 0 saturated heterocycles. The monoisotopic (exact) mass is 165 g/mol. The average molecular weight is 165 g/mol. The fraction of sp³-hybridized carbons (Fsp3) is 0.333. The Morgan fingerprint density at radius 3 is 3.08 bits per heavy atom. The zero-order valence-corrected chi connectivity index (χ0v) is 6.90. The van der Waals surface area contributed by atoms with E-state index in [1.54, 1.807) is 18.5 Å². The number of aldehydes is 1. The van der Waals surface area contributed by atoms with Crippen molar-refractivity contribution in [2.75, 3.05) is 0 Å². The first kappa shape index (κ1) is 8.87. The predicted molar refractivity (Wildman–Crippen MR) is 44.6 cm³/mol. The second-order valence-corrected chi connectivity index (χ2v) is 2.65. The Kier molecular flexibility index (Phi) is 2.94. The molecule has 0 amide bonds. The van der Waals surface area contributed by atoms with Gasteiger partial charge in [-0.15, -0.1) is 0 Å². The number of carbonyl (C=O) groups excluding carboxylic acids is 1. The van der Waals surface area contributed by atoms with Crippen molar-refractivity contribution in [1.82, 2.24) is 4.98 Å². The molecule has 0 aliphatic carbocycles. The topological polar surface area (TPSA) is 50.2 Å². The lowest BCUT2D eigenvalue weighted by molar-refractivity contribution is -0.109. The van der Waals surface area contributed by atoms with Gasteiger partial charge in [-0.25, -0.2) is 0 Å². The smallest absolute Gasteiger partial charge is 0.122 e. The predicted octanol–water partition coefficient (Wildman–Crippen LogP) is 1.01. The number of aryl methyl sites for hydroxylation is 1. The van der Waals surface area contributed by atoms with Crippen LogP contribution >= 0.6 is 0 Å². The number of nitrogens with zero attached hydrogens (tertiary/aromatic N) is 1. The van der Waals surface area contributed by atoms with E-state index in [4.69, 9.17) is 0 Å². The number of rotatable bonds is 3. The molecule has 0 aliphatic heterocycles. The number of hydrogen-bond donors (Lipinski definition) is 1. The third kappa shape index (κ3) is 1.89. The van der Waals surface area contributed by atoms with Crippen molar-refractivity contribution in [1.29, 1.82) is 0 Å². The highest BCUT2D eigenvalue weighted by molar-refractivity contribution is 5.51. The molecule has 1 aromatic rings. The molecule has 1 rings (SSSR count). The van der Waals surface area contributed by atoms with Crippen molar-refractivity contribution >= 4 is 6.29 Å². The van der Waals surface area contributed by atoms with Gasteiger partial charge < -0.3 is 9.90 Å². The van der Waals surface area contributed by atoms with Crippen LogP contribution in [0.15, 0.2) is 18.5 Å². The summed E-state index contributed by atoms with van der Waals surface area (Å²) in [5.74, 6) is 0. The van der Waals surface area contributed by atoms with Crippen LogP contribution in [-0.4, -0.2) is 16.4 Å². The fourth-order valence-corrected chi connectivity index (χ4v) is 1.08. The van der Waals surface area contributed by atoms with Crippen molar-refractivity contribution in [2.45, 2.75) is 19.4 Å². The van der Waals surface area contributed by atoms with Crippen LogP contribution < -0.4 is 0 Å². The summed E-state index contributed by atoms with van der Waals surface area (Å²) in [5, 5.41) is 9.44. The highest BCUT2D eigenvalue weighted by Crippen LogP contribution is 2.17. The molecule has 3 nitrogen and oxygen atoms in total. The van der Waals surface area contributed by atoms with E-state index in [0.717, 1.165) is 11.1 Å². The lowest BCUT2D eigenvalue weighted by atomic mass is 10.0. The minimum absolute atomic E-state index is 0.144. The second-order valence-electron chi connectivity index (χ2n) is 2.65. The Bertz CT molecular complexity index is 273. The average Bonchev–Trinajstić information content (AvgIpc) is 2.05. The van der Waals surface area contributed by atoms with E-state index in [1.807, 2.05) is 6.92 Å². The van der Waals surface area contributed by atoms with Crippen LogP contribution in [0, 0.1) is 6.92 Å². The van der Waals surface area contributed by atoms with Crippen molar-refractivity contribution in [3.63, 3.8) is 0 Å².